The van der Waals surface area contributed by atoms with Gasteiger partial charge in [0, 0.05) is 23.6 Å². The molecule has 0 spiro atoms. The van der Waals surface area contributed by atoms with Crippen LogP contribution in [0.2, 0.25) is 0 Å². The number of nitrogens with zero attached hydrogens (tertiary/aromatic N) is 2. The number of hydrogen-bond acceptors (Lipinski definition) is 5. The van der Waals surface area contributed by atoms with Gasteiger partial charge in [-0.3, -0.25) is 0 Å². The fourth-order valence-electron chi connectivity index (χ4n) is 2.18. The highest BCUT2D eigenvalue weighted by atomic mass is 32.1. The van der Waals surface area contributed by atoms with Crippen molar-refractivity contribution in [2.75, 3.05) is 11.9 Å². The summed E-state index contributed by atoms with van der Waals surface area (Å²) in [5.74, 6) is 0.707. The van der Waals surface area contributed by atoms with Gasteiger partial charge < -0.3 is 10.4 Å². The van der Waals surface area contributed by atoms with Gasteiger partial charge in [0.15, 0.2) is 5.82 Å². The summed E-state index contributed by atoms with van der Waals surface area (Å²) in [7, 11) is 0. The van der Waals surface area contributed by atoms with E-state index in [1.165, 1.54) is 11.5 Å². The van der Waals surface area contributed by atoms with Crippen LogP contribution in [0.1, 0.15) is 17.2 Å². The lowest BCUT2D eigenvalue weighted by atomic mass is 10.1. The molecule has 5 heteroatoms. The SMILES string of the molecule is Cc1cccc(C(O)CNc2nc(-c3ccccc3)ns2)c1. The highest BCUT2D eigenvalue weighted by molar-refractivity contribution is 7.09. The molecule has 1 unspecified atom stereocenters. The van der Waals surface area contributed by atoms with Crippen LogP contribution in [0, 0.1) is 6.92 Å². The van der Waals surface area contributed by atoms with Crippen molar-refractivity contribution in [2.24, 2.45) is 0 Å². The van der Waals surface area contributed by atoms with Crippen LogP contribution in [-0.4, -0.2) is 21.0 Å². The monoisotopic (exact) mass is 311 g/mol. The van der Waals surface area contributed by atoms with Gasteiger partial charge in [0.05, 0.1) is 6.10 Å². The molecule has 3 aromatic rings. The number of aliphatic hydroxyl groups excluding tert-OH is 1. The number of aromatic nitrogens is 2. The van der Waals surface area contributed by atoms with Crippen molar-refractivity contribution in [2.45, 2.75) is 13.0 Å². The predicted octanol–water partition coefficient (Wildman–Crippen LogP) is 3.66. The van der Waals surface area contributed by atoms with Crippen LogP contribution in [-0.2, 0) is 0 Å². The van der Waals surface area contributed by atoms with E-state index in [-0.39, 0.29) is 0 Å². The zero-order chi connectivity index (χ0) is 15.4. The summed E-state index contributed by atoms with van der Waals surface area (Å²) in [4.78, 5) is 4.45. The van der Waals surface area contributed by atoms with Crippen LogP contribution in [0.3, 0.4) is 0 Å². The third-order valence-corrected chi connectivity index (χ3v) is 4.00. The molecule has 0 bridgehead atoms. The first kappa shape index (κ1) is 14.7. The second kappa shape index (κ2) is 6.68. The molecule has 1 heterocycles. The Morgan fingerprint density at radius 2 is 1.95 bits per heavy atom. The summed E-state index contributed by atoms with van der Waals surface area (Å²) in [6, 6.07) is 17.7. The summed E-state index contributed by atoms with van der Waals surface area (Å²) in [6.45, 7) is 2.42. The van der Waals surface area contributed by atoms with Crippen LogP contribution in [0.5, 0.6) is 0 Å². The molecule has 0 aliphatic carbocycles. The van der Waals surface area contributed by atoms with Crippen molar-refractivity contribution in [1.82, 2.24) is 9.36 Å². The number of hydrogen-bond donors (Lipinski definition) is 2. The lowest BCUT2D eigenvalue weighted by Gasteiger charge is -2.11. The summed E-state index contributed by atoms with van der Waals surface area (Å²) in [5.41, 5.74) is 3.03. The standard InChI is InChI=1S/C17H17N3OS/c1-12-6-5-9-14(10-12)15(21)11-18-17-19-16(20-22-17)13-7-3-2-4-8-13/h2-10,15,21H,11H2,1H3,(H,18,19,20). The molecule has 2 aromatic carbocycles. The second-order valence-corrected chi connectivity index (χ2v) is 5.85. The highest BCUT2D eigenvalue weighted by Gasteiger charge is 2.10. The molecule has 4 nitrogen and oxygen atoms in total. The van der Waals surface area contributed by atoms with Crippen molar-refractivity contribution in [3.63, 3.8) is 0 Å². The molecule has 1 atom stereocenters. The molecule has 112 valence electrons. The van der Waals surface area contributed by atoms with Crippen LogP contribution in [0.15, 0.2) is 54.6 Å². The lowest BCUT2D eigenvalue weighted by Crippen LogP contribution is -2.12. The van der Waals surface area contributed by atoms with Gasteiger partial charge in [-0.05, 0) is 12.5 Å². The lowest BCUT2D eigenvalue weighted by molar-refractivity contribution is 0.191. The van der Waals surface area contributed by atoms with Crippen LogP contribution in [0.4, 0.5) is 5.13 Å². The van der Waals surface area contributed by atoms with E-state index in [0.29, 0.717) is 17.5 Å². The number of nitrogens with one attached hydrogen (secondary N) is 1. The number of benzene rings is 2. The van der Waals surface area contributed by atoms with Gasteiger partial charge in [0.2, 0.25) is 5.13 Å². The molecular weight excluding hydrogens is 294 g/mol. The zero-order valence-corrected chi connectivity index (χ0v) is 13.0. The Bertz CT molecular complexity index is 742. The molecule has 0 saturated carbocycles. The van der Waals surface area contributed by atoms with Gasteiger partial charge in [-0.25, -0.2) is 0 Å². The van der Waals surface area contributed by atoms with E-state index < -0.39 is 6.10 Å². The topological polar surface area (TPSA) is 58.0 Å². The maximum absolute atomic E-state index is 10.2. The average Bonchev–Trinajstić information content (AvgIpc) is 3.02. The third-order valence-electron chi connectivity index (χ3n) is 3.33. The number of aryl methyl sites for hydroxylation is 1. The van der Waals surface area contributed by atoms with Crippen molar-refractivity contribution < 1.29 is 5.11 Å². The molecule has 1 aromatic heterocycles. The van der Waals surface area contributed by atoms with Crippen molar-refractivity contribution in [3.05, 3.63) is 65.7 Å². The second-order valence-electron chi connectivity index (χ2n) is 5.10. The normalized spacial score (nSPS) is 12.1. The summed E-state index contributed by atoms with van der Waals surface area (Å²) in [5, 5.41) is 14.1. The van der Waals surface area contributed by atoms with Crippen molar-refractivity contribution in [3.8, 4) is 11.4 Å². The summed E-state index contributed by atoms with van der Waals surface area (Å²) in [6.07, 6.45) is -0.566. The Labute approximate surface area is 133 Å². The van der Waals surface area contributed by atoms with E-state index in [2.05, 4.69) is 14.7 Å². The Morgan fingerprint density at radius 3 is 2.73 bits per heavy atom. The quantitative estimate of drug-likeness (QED) is 0.755. The Balaban J connectivity index is 1.64. The van der Waals surface area contributed by atoms with Gasteiger partial charge in [-0.15, -0.1) is 0 Å². The van der Waals surface area contributed by atoms with Crippen LogP contribution in [0.25, 0.3) is 11.4 Å². The summed E-state index contributed by atoms with van der Waals surface area (Å²) >= 11 is 1.30. The fourth-order valence-corrected chi connectivity index (χ4v) is 2.77. The molecule has 2 N–H and O–H groups in total. The van der Waals surface area contributed by atoms with Crippen LogP contribution < -0.4 is 5.32 Å². The van der Waals surface area contributed by atoms with Gasteiger partial charge in [0.1, 0.15) is 0 Å². The Kier molecular flexibility index (Phi) is 4.46. The minimum atomic E-state index is -0.566. The smallest absolute Gasteiger partial charge is 0.202 e. The minimum absolute atomic E-state index is 0.410. The molecule has 0 amide bonds. The third kappa shape index (κ3) is 3.50. The number of aliphatic hydroxyl groups is 1. The first-order valence-corrected chi connectivity index (χ1v) is 7.87. The summed E-state index contributed by atoms with van der Waals surface area (Å²) < 4.78 is 4.34. The largest absolute Gasteiger partial charge is 0.387 e. The van der Waals surface area contributed by atoms with Gasteiger partial charge >= 0.3 is 0 Å². The van der Waals surface area contributed by atoms with E-state index >= 15 is 0 Å². The first-order chi connectivity index (χ1) is 10.7. The van der Waals surface area contributed by atoms with Gasteiger partial charge in [-0.2, -0.15) is 9.36 Å². The molecule has 0 aliphatic rings. The average molecular weight is 311 g/mol. The van der Waals surface area contributed by atoms with Crippen LogP contribution >= 0.6 is 11.5 Å². The predicted molar refractivity (Wildman–Crippen MR) is 90.0 cm³/mol. The minimum Gasteiger partial charge on any atom is -0.387 e. The van der Waals surface area contributed by atoms with E-state index in [1.54, 1.807) is 0 Å². The highest BCUT2D eigenvalue weighted by Crippen LogP contribution is 2.22. The molecule has 0 aliphatic heterocycles. The number of anilines is 1. The Morgan fingerprint density at radius 1 is 1.14 bits per heavy atom. The molecule has 22 heavy (non-hydrogen) atoms. The van der Waals surface area contributed by atoms with E-state index in [4.69, 9.17) is 0 Å². The molecule has 0 radical (unpaired) electrons. The van der Waals surface area contributed by atoms with Crippen molar-refractivity contribution in [1.29, 1.82) is 0 Å². The molecule has 3 rings (SSSR count). The molecule has 0 fully saturated rings. The van der Waals surface area contributed by atoms with Gasteiger partial charge in [0.25, 0.3) is 0 Å². The maximum Gasteiger partial charge on any atom is 0.202 e. The van der Waals surface area contributed by atoms with E-state index in [0.717, 1.165) is 16.7 Å². The fraction of sp³-hybridized carbons (Fsp3) is 0.176. The van der Waals surface area contributed by atoms with E-state index in [9.17, 15) is 5.11 Å². The maximum atomic E-state index is 10.2. The number of rotatable bonds is 5. The Hall–Kier alpha value is -2.24. The zero-order valence-electron chi connectivity index (χ0n) is 12.2. The van der Waals surface area contributed by atoms with Crippen molar-refractivity contribution >= 4 is 16.7 Å². The van der Waals surface area contributed by atoms with E-state index in [1.807, 2.05) is 61.5 Å². The first-order valence-electron chi connectivity index (χ1n) is 7.10. The van der Waals surface area contributed by atoms with Gasteiger partial charge in [-0.1, -0.05) is 60.2 Å². The molecule has 0 saturated heterocycles. The molecular formula is C17H17N3OS.